The number of rotatable bonds is 5. The SMILES string of the molecule is Cc1ccc(S(=O)(=O)NC(C)(C)C)cc1C(=O)NC(C)c1ccccc1Cl. The normalized spacial score (nSPS) is 13.3. The van der Waals surface area contributed by atoms with E-state index in [1.807, 2.05) is 25.1 Å². The number of carbonyl (C=O) groups is 1. The van der Waals surface area contributed by atoms with Gasteiger partial charge >= 0.3 is 0 Å². The van der Waals surface area contributed by atoms with Crippen molar-refractivity contribution in [3.63, 3.8) is 0 Å². The minimum Gasteiger partial charge on any atom is -0.345 e. The first-order valence-corrected chi connectivity index (χ1v) is 10.5. The molecule has 0 saturated carbocycles. The molecular formula is C20H25ClN2O3S. The van der Waals surface area contributed by atoms with Crippen LogP contribution in [-0.4, -0.2) is 19.9 Å². The molecule has 2 rings (SSSR count). The number of amides is 1. The zero-order chi connectivity index (χ0) is 20.4. The van der Waals surface area contributed by atoms with Crippen LogP contribution in [0.15, 0.2) is 47.4 Å². The van der Waals surface area contributed by atoms with E-state index in [4.69, 9.17) is 11.6 Å². The molecule has 1 atom stereocenters. The molecular weight excluding hydrogens is 384 g/mol. The Morgan fingerprint density at radius 3 is 2.33 bits per heavy atom. The lowest BCUT2D eigenvalue weighted by atomic mass is 10.1. The van der Waals surface area contributed by atoms with Gasteiger partial charge in [0.05, 0.1) is 10.9 Å². The van der Waals surface area contributed by atoms with E-state index in [0.29, 0.717) is 16.1 Å². The number of halogens is 1. The van der Waals surface area contributed by atoms with Crippen LogP contribution in [0.4, 0.5) is 0 Å². The molecule has 1 amide bonds. The first kappa shape index (κ1) is 21.4. The molecule has 0 aromatic heterocycles. The molecule has 0 aliphatic heterocycles. The summed E-state index contributed by atoms with van der Waals surface area (Å²) in [6.45, 7) is 8.88. The summed E-state index contributed by atoms with van der Waals surface area (Å²) in [4.78, 5) is 12.8. The predicted molar refractivity (Wildman–Crippen MR) is 109 cm³/mol. The third kappa shape index (κ3) is 5.54. The van der Waals surface area contributed by atoms with Gasteiger partial charge < -0.3 is 5.32 Å². The van der Waals surface area contributed by atoms with Crippen LogP contribution in [-0.2, 0) is 10.0 Å². The van der Waals surface area contributed by atoms with E-state index >= 15 is 0 Å². The highest BCUT2D eigenvalue weighted by Gasteiger charge is 2.24. The fourth-order valence-electron chi connectivity index (χ4n) is 2.65. The molecule has 0 aliphatic carbocycles. The first-order valence-electron chi connectivity index (χ1n) is 8.60. The van der Waals surface area contributed by atoms with E-state index in [0.717, 1.165) is 5.56 Å². The quantitative estimate of drug-likeness (QED) is 0.777. The molecule has 0 fully saturated rings. The van der Waals surface area contributed by atoms with Crippen molar-refractivity contribution in [3.05, 3.63) is 64.2 Å². The van der Waals surface area contributed by atoms with Gasteiger partial charge in [0.15, 0.2) is 0 Å². The zero-order valence-electron chi connectivity index (χ0n) is 16.1. The summed E-state index contributed by atoms with van der Waals surface area (Å²) in [6, 6.07) is 11.5. The molecule has 0 saturated heterocycles. The lowest BCUT2D eigenvalue weighted by molar-refractivity contribution is 0.0939. The Morgan fingerprint density at radius 1 is 1.11 bits per heavy atom. The molecule has 27 heavy (non-hydrogen) atoms. The maximum atomic E-state index is 12.8. The van der Waals surface area contributed by atoms with Gasteiger partial charge in [-0.2, -0.15) is 0 Å². The van der Waals surface area contributed by atoms with Crippen LogP contribution >= 0.6 is 11.6 Å². The summed E-state index contributed by atoms with van der Waals surface area (Å²) in [5.74, 6) is -0.354. The highest BCUT2D eigenvalue weighted by Crippen LogP contribution is 2.23. The maximum absolute atomic E-state index is 12.8. The first-order chi connectivity index (χ1) is 12.4. The van der Waals surface area contributed by atoms with Crippen molar-refractivity contribution in [1.29, 1.82) is 0 Å². The van der Waals surface area contributed by atoms with E-state index < -0.39 is 15.6 Å². The van der Waals surface area contributed by atoms with Crippen molar-refractivity contribution in [1.82, 2.24) is 10.0 Å². The van der Waals surface area contributed by atoms with Gasteiger partial charge in [-0.25, -0.2) is 13.1 Å². The minimum absolute atomic E-state index is 0.0542. The molecule has 2 aromatic carbocycles. The van der Waals surface area contributed by atoms with E-state index in [9.17, 15) is 13.2 Å². The van der Waals surface area contributed by atoms with Gasteiger partial charge in [-0.3, -0.25) is 4.79 Å². The van der Waals surface area contributed by atoms with Gasteiger partial charge in [0.1, 0.15) is 0 Å². The molecule has 146 valence electrons. The summed E-state index contributed by atoms with van der Waals surface area (Å²) in [5, 5.41) is 3.45. The largest absolute Gasteiger partial charge is 0.345 e. The Bertz CT molecular complexity index is 950. The summed E-state index contributed by atoms with van der Waals surface area (Å²) in [6.07, 6.45) is 0. The lowest BCUT2D eigenvalue weighted by Crippen LogP contribution is -2.40. The molecule has 0 aliphatic rings. The lowest BCUT2D eigenvalue weighted by Gasteiger charge is -2.21. The number of carbonyl (C=O) groups excluding carboxylic acids is 1. The van der Waals surface area contributed by atoms with Crippen LogP contribution in [0.3, 0.4) is 0 Å². The second-order valence-corrected chi connectivity index (χ2v) is 9.64. The topological polar surface area (TPSA) is 75.3 Å². The maximum Gasteiger partial charge on any atom is 0.252 e. The van der Waals surface area contributed by atoms with Gasteiger partial charge in [-0.15, -0.1) is 0 Å². The number of hydrogen-bond acceptors (Lipinski definition) is 3. The molecule has 7 heteroatoms. The highest BCUT2D eigenvalue weighted by molar-refractivity contribution is 7.89. The van der Waals surface area contributed by atoms with Gasteiger partial charge in [0.2, 0.25) is 10.0 Å². The zero-order valence-corrected chi connectivity index (χ0v) is 17.7. The van der Waals surface area contributed by atoms with Crippen LogP contribution < -0.4 is 10.0 Å². The van der Waals surface area contributed by atoms with Gasteiger partial charge in [-0.05, 0) is 63.9 Å². The number of sulfonamides is 1. The number of nitrogens with one attached hydrogen (secondary N) is 2. The number of benzene rings is 2. The molecule has 0 radical (unpaired) electrons. The minimum atomic E-state index is -3.73. The van der Waals surface area contributed by atoms with Gasteiger partial charge in [0.25, 0.3) is 5.91 Å². The van der Waals surface area contributed by atoms with Crippen molar-refractivity contribution in [2.24, 2.45) is 0 Å². The molecule has 1 unspecified atom stereocenters. The van der Waals surface area contributed by atoms with Crippen LogP contribution in [0, 0.1) is 6.92 Å². The van der Waals surface area contributed by atoms with E-state index in [2.05, 4.69) is 10.0 Å². The molecule has 2 N–H and O–H groups in total. The number of aryl methyl sites for hydroxylation is 1. The highest BCUT2D eigenvalue weighted by atomic mass is 35.5. The Balaban J connectivity index is 2.30. The predicted octanol–water partition coefficient (Wildman–Crippen LogP) is 4.22. The fraction of sp³-hybridized carbons (Fsp3) is 0.350. The summed E-state index contributed by atoms with van der Waals surface area (Å²) < 4.78 is 27.7. The summed E-state index contributed by atoms with van der Waals surface area (Å²) >= 11 is 6.19. The van der Waals surface area contributed by atoms with E-state index in [-0.39, 0.29) is 16.8 Å². The molecule has 0 heterocycles. The van der Waals surface area contributed by atoms with Crippen LogP contribution in [0.5, 0.6) is 0 Å². The smallest absolute Gasteiger partial charge is 0.252 e. The second kappa shape index (κ2) is 8.00. The van der Waals surface area contributed by atoms with Crippen LogP contribution in [0.1, 0.15) is 55.2 Å². The van der Waals surface area contributed by atoms with Crippen molar-refractivity contribution < 1.29 is 13.2 Å². The van der Waals surface area contributed by atoms with Gasteiger partial charge in [-0.1, -0.05) is 35.9 Å². The molecule has 0 bridgehead atoms. The van der Waals surface area contributed by atoms with E-state index in [1.165, 1.54) is 12.1 Å². The third-order valence-electron chi connectivity index (χ3n) is 3.92. The fourth-order valence-corrected chi connectivity index (χ4v) is 4.40. The summed E-state index contributed by atoms with van der Waals surface area (Å²) in [7, 11) is -3.73. The Hall–Kier alpha value is -1.89. The molecule has 0 spiro atoms. The molecule has 2 aromatic rings. The Labute approximate surface area is 166 Å². The van der Waals surface area contributed by atoms with Crippen molar-refractivity contribution in [2.45, 2.75) is 51.1 Å². The van der Waals surface area contributed by atoms with Crippen molar-refractivity contribution >= 4 is 27.5 Å². The second-order valence-electron chi connectivity index (χ2n) is 7.55. The van der Waals surface area contributed by atoms with E-state index in [1.54, 1.807) is 39.8 Å². The monoisotopic (exact) mass is 408 g/mol. The van der Waals surface area contributed by atoms with Crippen molar-refractivity contribution in [3.8, 4) is 0 Å². The average molecular weight is 409 g/mol. The Morgan fingerprint density at radius 2 is 1.74 bits per heavy atom. The van der Waals surface area contributed by atoms with Crippen molar-refractivity contribution in [2.75, 3.05) is 0 Å². The van der Waals surface area contributed by atoms with Gasteiger partial charge in [0, 0.05) is 16.1 Å². The number of hydrogen-bond donors (Lipinski definition) is 2. The van der Waals surface area contributed by atoms with Crippen LogP contribution in [0.2, 0.25) is 5.02 Å². The summed E-state index contributed by atoms with van der Waals surface area (Å²) in [5.41, 5.74) is 1.17. The average Bonchev–Trinajstić information content (AvgIpc) is 2.53. The molecule has 5 nitrogen and oxygen atoms in total. The standard InChI is InChI=1S/C20H25ClN2O3S/c1-13-10-11-15(27(25,26)23-20(3,4)5)12-17(13)19(24)22-14(2)16-8-6-7-9-18(16)21/h6-12,14,23H,1-5H3,(H,22,24). The Kier molecular flexibility index (Phi) is 6.35. The van der Waals surface area contributed by atoms with Crippen LogP contribution in [0.25, 0.3) is 0 Å². The third-order valence-corrected chi connectivity index (χ3v) is 6.02.